The molecule has 0 spiro atoms. The number of phenolic OH excluding ortho intramolecular Hbond substituents is 2. The van der Waals surface area contributed by atoms with Crippen LogP contribution in [-0.4, -0.2) is 75.0 Å². The second kappa shape index (κ2) is 9.68. The quantitative estimate of drug-likeness (QED) is 0.294. The smallest absolute Gasteiger partial charge is 0.202 e. The summed E-state index contributed by atoms with van der Waals surface area (Å²) in [5, 5.41) is 44.5. The molecule has 0 amide bonds. The number of Topliss-reactive ketones (excluding diaryl/α,β-unsaturated/α-hetero) is 1. The molecule has 2 aliphatic carbocycles. The zero-order valence-electron chi connectivity index (χ0n) is 21.8. The number of ether oxygens (including phenoxy) is 3. The van der Waals surface area contributed by atoms with Gasteiger partial charge >= 0.3 is 0 Å². The highest BCUT2D eigenvalue weighted by Gasteiger charge is 2.49. The van der Waals surface area contributed by atoms with Crippen LogP contribution >= 0.6 is 0 Å². The molecule has 2 unspecified atom stereocenters. The van der Waals surface area contributed by atoms with Gasteiger partial charge in [-0.1, -0.05) is 19.1 Å². The minimum atomic E-state index is -1.99. The van der Waals surface area contributed by atoms with E-state index in [9.17, 15) is 34.8 Å². The van der Waals surface area contributed by atoms with E-state index < -0.39 is 82.6 Å². The standard InChI is InChI=1S/C28H31NO10/c1-4-17(30)28(36)9-13-20(16(10-28)39-18-8-14(29)23(31)11(2)38-18)27(35)22-21(25(13)33)24(32)12-6-5-7-15(37-3)19(12)26(22)34/h5-7,11,14,16,18,23,31,33,35-36H,4,8-10,29H2,1-3H3/t11?,14-,16+,18+,23?,28+/m1/s1. The number of ketones is 3. The summed E-state index contributed by atoms with van der Waals surface area (Å²) >= 11 is 0. The zero-order chi connectivity index (χ0) is 28.4. The van der Waals surface area contributed by atoms with Crippen LogP contribution < -0.4 is 10.5 Å². The summed E-state index contributed by atoms with van der Waals surface area (Å²) in [5.41, 5.74) is 3.03. The van der Waals surface area contributed by atoms with Crippen LogP contribution in [0, 0.1) is 0 Å². The maximum absolute atomic E-state index is 13.7. The molecular weight excluding hydrogens is 510 g/mol. The number of benzene rings is 2. The molecule has 0 radical (unpaired) electrons. The number of aliphatic hydroxyl groups excluding tert-OH is 1. The fraction of sp³-hybridized carbons (Fsp3) is 0.464. The Kier molecular flexibility index (Phi) is 6.76. The highest BCUT2D eigenvalue weighted by Crippen LogP contribution is 2.52. The fourth-order valence-electron chi connectivity index (χ4n) is 5.93. The van der Waals surface area contributed by atoms with E-state index in [0.29, 0.717) is 0 Å². The monoisotopic (exact) mass is 541 g/mol. The molecule has 11 nitrogen and oxygen atoms in total. The SMILES string of the molecule is CCC(=O)[C@]1(O)Cc2c(O)c3c(c(O)c2[C@@H](O[C@H]2C[C@@H](N)C(O)C(C)O2)C1)C(=O)c1c(OC)cccc1C3=O. The first-order valence-corrected chi connectivity index (χ1v) is 12.8. The number of carbonyl (C=O) groups is 3. The van der Waals surface area contributed by atoms with Crippen molar-refractivity contribution in [3.8, 4) is 17.2 Å². The lowest BCUT2D eigenvalue weighted by atomic mass is 9.71. The van der Waals surface area contributed by atoms with Gasteiger partial charge < -0.3 is 40.4 Å². The lowest BCUT2D eigenvalue weighted by molar-refractivity contribution is -0.247. The van der Waals surface area contributed by atoms with Crippen molar-refractivity contribution in [2.75, 3.05) is 7.11 Å². The molecule has 0 saturated carbocycles. The Hall–Kier alpha value is -3.35. The summed E-state index contributed by atoms with van der Waals surface area (Å²) in [6, 6.07) is 3.76. The Labute approximate surface area is 224 Å². The molecule has 1 saturated heterocycles. The molecule has 6 N–H and O–H groups in total. The van der Waals surface area contributed by atoms with Gasteiger partial charge in [0.25, 0.3) is 0 Å². The van der Waals surface area contributed by atoms with Crippen molar-refractivity contribution >= 4 is 17.3 Å². The highest BCUT2D eigenvalue weighted by molar-refractivity contribution is 6.31. The van der Waals surface area contributed by atoms with Crippen LogP contribution in [0.5, 0.6) is 17.2 Å². The van der Waals surface area contributed by atoms with Gasteiger partial charge in [-0.2, -0.15) is 0 Å². The number of rotatable bonds is 5. The fourth-order valence-corrected chi connectivity index (χ4v) is 5.93. The molecule has 11 heteroatoms. The van der Waals surface area contributed by atoms with Gasteiger partial charge in [-0.05, 0) is 13.0 Å². The Balaban J connectivity index is 1.69. The molecule has 5 rings (SSSR count). The Morgan fingerprint density at radius 1 is 1.15 bits per heavy atom. The molecule has 1 fully saturated rings. The minimum absolute atomic E-state index is 0.0119. The van der Waals surface area contributed by atoms with Crippen molar-refractivity contribution in [1.29, 1.82) is 0 Å². The number of aliphatic hydroxyl groups is 2. The first kappa shape index (κ1) is 27.2. The van der Waals surface area contributed by atoms with Crippen LogP contribution in [0.1, 0.15) is 82.2 Å². The number of nitrogens with two attached hydrogens (primary N) is 1. The van der Waals surface area contributed by atoms with Gasteiger partial charge in [0.05, 0.1) is 42.1 Å². The maximum Gasteiger partial charge on any atom is 0.202 e. The third-order valence-corrected chi connectivity index (χ3v) is 7.98. The summed E-state index contributed by atoms with van der Waals surface area (Å²) in [6.07, 6.45) is -4.53. The first-order chi connectivity index (χ1) is 18.4. The van der Waals surface area contributed by atoms with Gasteiger partial charge in [0.15, 0.2) is 17.9 Å². The Bertz CT molecular complexity index is 1380. The van der Waals surface area contributed by atoms with Gasteiger partial charge in [-0.15, -0.1) is 0 Å². The topological polar surface area (TPSA) is 186 Å². The molecule has 2 aromatic rings. The number of aromatic hydroxyl groups is 2. The van der Waals surface area contributed by atoms with Crippen LogP contribution in [0.3, 0.4) is 0 Å². The Morgan fingerprint density at radius 3 is 2.49 bits per heavy atom. The van der Waals surface area contributed by atoms with Crippen LogP contribution in [0.2, 0.25) is 0 Å². The molecule has 1 heterocycles. The summed E-state index contributed by atoms with van der Waals surface area (Å²) in [6.45, 7) is 3.19. The van der Waals surface area contributed by atoms with Crippen LogP contribution in [0.25, 0.3) is 0 Å². The van der Waals surface area contributed by atoms with Crippen molar-refractivity contribution in [3.63, 3.8) is 0 Å². The second-order valence-electron chi connectivity index (χ2n) is 10.4. The molecule has 2 aromatic carbocycles. The minimum Gasteiger partial charge on any atom is -0.507 e. The van der Waals surface area contributed by atoms with Gasteiger partial charge in [0.2, 0.25) is 5.78 Å². The number of fused-ring (bicyclic) bond motifs is 3. The third-order valence-electron chi connectivity index (χ3n) is 7.98. The predicted octanol–water partition coefficient (Wildman–Crippen LogP) is 1.42. The summed E-state index contributed by atoms with van der Waals surface area (Å²) in [4.78, 5) is 40.1. The second-order valence-corrected chi connectivity index (χ2v) is 10.4. The van der Waals surface area contributed by atoms with Gasteiger partial charge in [-0.25, -0.2) is 0 Å². The normalized spacial score (nSPS) is 29.8. The molecule has 208 valence electrons. The first-order valence-electron chi connectivity index (χ1n) is 12.8. The number of hydrogen-bond donors (Lipinski definition) is 5. The van der Waals surface area contributed by atoms with Gasteiger partial charge in [-0.3, -0.25) is 14.4 Å². The Morgan fingerprint density at radius 2 is 1.85 bits per heavy atom. The molecule has 0 aromatic heterocycles. The zero-order valence-corrected chi connectivity index (χ0v) is 21.8. The van der Waals surface area contributed by atoms with Crippen LogP contribution in [0.15, 0.2) is 18.2 Å². The highest BCUT2D eigenvalue weighted by atomic mass is 16.7. The van der Waals surface area contributed by atoms with E-state index in [1.54, 1.807) is 13.8 Å². The number of hydrogen-bond acceptors (Lipinski definition) is 11. The molecule has 3 aliphatic rings. The van der Waals surface area contributed by atoms with E-state index in [-0.39, 0.29) is 47.3 Å². The molecule has 0 bridgehead atoms. The molecule has 1 aliphatic heterocycles. The molecule has 39 heavy (non-hydrogen) atoms. The van der Waals surface area contributed by atoms with Gasteiger partial charge in [0, 0.05) is 48.4 Å². The molecular formula is C28H31NO10. The average molecular weight is 542 g/mol. The number of phenols is 2. The van der Waals surface area contributed by atoms with E-state index in [4.69, 9.17) is 19.9 Å². The number of carbonyl (C=O) groups excluding carboxylic acids is 3. The van der Waals surface area contributed by atoms with E-state index in [0.717, 1.165) is 0 Å². The summed E-state index contributed by atoms with van der Waals surface area (Å²) in [7, 11) is 1.34. The van der Waals surface area contributed by atoms with Crippen LogP contribution in [-0.2, 0) is 20.7 Å². The van der Waals surface area contributed by atoms with Crippen molar-refractivity contribution in [3.05, 3.63) is 51.6 Å². The van der Waals surface area contributed by atoms with E-state index in [1.165, 1.54) is 25.3 Å². The average Bonchev–Trinajstić information content (AvgIpc) is 2.90. The maximum atomic E-state index is 13.7. The van der Waals surface area contributed by atoms with Crippen molar-refractivity contribution in [2.24, 2.45) is 5.73 Å². The third kappa shape index (κ3) is 4.12. The lowest BCUT2D eigenvalue weighted by Crippen LogP contribution is -2.52. The van der Waals surface area contributed by atoms with Crippen molar-refractivity contribution in [1.82, 2.24) is 0 Å². The summed E-state index contributed by atoms with van der Waals surface area (Å²) in [5.74, 6) is -3.07. The summed E-state index contributed by atoms with van der Waals surface area (Å²) < 4.78 is 17.1. The van der Waals surface area contributed by atoms with E-state index in [2.05, 4.69) is 0 Å². The van der Waals surface area contributed by atoms with Crippen molar-refractivity contribution < 1.29 is 49.0 Å². The van der Waals surface area contributed by atoms with Gasteiger partial charge in [0.1, 0.15) is 22.8 Å². The number of methoxy groups -OCH3 is 1. The predicted molar refractivity (Wildman–Crippen MR) is 135 cm³/mol. The van der Waals surface area contributed by atoms with E-state index >= 15 is 0 Å². The largest absolute Gasteiger partial charge is 0.507 e. The van der Waals surface area contributed by atoms with Crippen LogP contribution in [0.4, 0.5) is 0 Å². The molecule has 6 atom stereocenters. The van der Waals surface area contributed by atoms with Crippen molar-refractivity contribution in [2.45, 2.75) is 75.8 Å². The lowest BCUT2D eigenvalue weighted by Gasteiger charge is -2.42. The van der Waals surface area contributed by atoms with E-state index in [1.807, 2.05) is 0 Å².